The fourth-order valence-electron chi connectivity index (χ4n) is 3.44. The zero-order chi connectivity index (χ0) is 22.9. The van der Waals surface area contributed by atoms with Gasteiger partial charge in [-0.1, -0.05) is 0 Å². The van der Waals surface area contributed by atoms with Gasteiger partial charge in [0.15, 0.2) is 29.6 Å². The third-order valence-corrected chi connectivity index (χ3v) is 4.73. The summed E-state index contributed by atoms with van der Waals surface area (Å²) in [5.41, 5.74) is 0.821. The molecule has 2 aromatic heterocycles. The molecule has 0 aromatic carbocycles. The zero-order valence-corrected chi connectivity index (χ0v) is 17.9. The minimum absolute atomic E-state index is 0.00697. The Labute approximate surface area is 177 Å². The number of rotatable bonds is 6. The van der Waals surface area contributed by atoms with Crippen molar-refractivity contribution in [2.45, 2.75) is 65.2 Å². The van der Waals surface area contributed by atoms with E-state index in [9.17, 15) is 14.4 Å². The van der Waals surface area contributed by atoms with Crippen LogP contribution in [-0.4, -0.2) is 61.9 Å². The average molecular weight is 435 g/mol. The lowest BCUT2D eigenvalue weighted by Gasteiger charge is -2.23. The van der Waals surface area contributed by atoms with Crippen LogP contribution in [0.2, 0.25) is 0 Å². The van der Waals surface area contributed by atoms with Crippen molar-refractivity contribution >= 4 is 29.1 Å². The predicted octanol–water partition coefficient (Wildman–Crippen LogP) is 0.617. The van der Waals surface area contributed by atoms with E-state index >= 15 is 0 Å². The van der Waals surface area contributed by atoms with Crippen molar-refractivity contribution in [2.75, 3.05) is 6.61 Å². The van der Waals surface area contributed by atoms with E-state index in [-0.39, 0.29) is 18.1 Å². The Balaban J connectivity index is 2.05. The second-order valence-electron chi connectivity index (χ2n) is 7.43. The summed E-state index contributed by atoms with van der Waals surface area (Å²) in [7, 11) is 0. The summed E-state index contributed by atoms with van der Waals surface area (Å²) in [6.07, 6.45) is -1.00. The lowest BCUT2D eigenvalue weighted by Crippen LogP contribution is -2.40. The fourth-order valence-corrected chi connectivity index (χ4v) is 3.44. The van der Waals surface area contributed by atoms with Crippen LogP contribution in [0.3, 0.4) is 0 Å². The number of nitrogens with zero attached hydrogens (tertiary/aromatic N) is 4. The van der Waals surface area contributed by atoms with Gasteiger partial charge in [0.2, 0.25) is 0 Å². The van der Waals surface area contributed by atoms with E-state index in [0.29, 0.717) is 11.2 Å². The number of fused-ring (bicyclic) bond motifs is 1. The zero-order valence-electron chi connectivity index (χ0n) is 17.9. The molecule has 0 bridgehead atoms. The summed E-state index contributed by atoms with van der Waals surface area (Å²) in [5, 5.41) is 8.40. The van der Waals surface area contributed by atoms with Crippen molar-refractivity contribution in [3.05, 3.63) is 18.1 Å². The van der Waals surface area contributed by atoms with E-state index in [0.717, 1.165) is 0 Å². The van der Waals surface area contributed by atoms with Gasteiger partial charge in [-0.25, -0.2) is 9.97 Å². The molecule has 1 fully saturated rings. The van der Waals surface area contributed by atoms with Gasteiger partial charge in [0, 0.05) is 26.8 Å². The van der Waals surface area contributed by atoms with Crippen molar-refractivity contribution in [2.24, 2.45) is 0 Å². The Morgan fingerprint density at radius 2 is 1.71 bits per heavy atom. The van der Waals surface area contributed by atoms with Gasteiger partial charge < -0.3 is 23.5 Å². The highest BCUT2D eigenvalue weighted by Crippen LogP contribution is 2.35. The van der Waals surface area contributed by atoms with Crippen molar-refractivity contribution in [3.8, 4) is 0 Å². The van der Waals surface area contributed by atoms with E-state index in [2.05, 4.69) is 9.97 Å². The summed E-state index contributed by atoms with van der Waals surface area (Å²) >= 11 is 0. The summed E-state index contributed by atoms with van der Waals surface area (Å²) in [4.78, 5) is 43.4. The van der Waals surface area contributed by atoms with Gasteiger partial charge in [0.05, 0.1) is 12.7 Å². The first-order valence-corrected chi connectivity index (χ1v) is 9.71. The monoisotopic (exact) mass is 435 g/mol. The molecule has 31 heavy (non-hydrogen) atoms. The number of nitrogens with one attached hydrogen (secondary N) is 1. The molecule has 0 spiro atoms. The molecule has 0 saturated carbocycles. The number of hydrogen-bond acceptors (Lipinski definition) is 10. The lowest BCUT2D eigenvalue weighted by molar-refractivity contribution is -0.166. The second kappa shape index (κ2) is 8.84. The van der Waals surface area contributed by atoms with Crippen LogP contribution in [0.1, 0.15) is 46.9 Å². The van der Waals surface area contributed by atoms with Gasteiger partial charge in [-0.2, -0.15) is 0 Å². The minimum atomic E-state index is -1.05. The molecular weight excluding hydrogens is 410 g/mol. The maximum absolute atomic E-state index is 11.8. The Morgan fingerprint density at radius 3 is 2.29 bits per heavy atom. The van der Waals surface area contributed by atoms with Crippen LogP contribution in [0.5, 0.6) is 0 Å². The van der Waals surface area contributed by atoms with E-state index < -0.39 is 42.4 Å². The molecule has 168 valence electrons. The van der Waals surface area contributed by atoms with E-state index in [1.54, 1.807) is 4.57 Å². The highest BCUT2D eigenvalue weighted by Gasteiger charge is 2.51. The molecule has 0 aliphatic carbocycles. The molecule has 1 saturated heterocycles. The number of carbonyl (C=O) groups excluding carboxylic acids is 3. The van der Waals surface area contributed by atoms with Gasteiger partial charge in [0.1, 0.15) is 18.2 Å². The maximum Gasteiger partial charge on any atom is 0.303 e. The Bertz CT molecular complexity index is 1060. The van der Waals surface area contributed by atoms with Gasteiger partial charge >= 0.3 is 17.9 Å². The minimum Gasteiger partial charge on any atom is -0.463 e. The fraction of sp³-hybridized carbons (Fsp3) is 0.579. The number of esters is 3. The molecule has 12 nitrogen and oxygen atoms in total. The maximum atomic E-state index is 11.8. The number of ether oxygens (including phenoxy) is 4. The molecule has 0 radical (unpaired) electrons. The Kier molecular flexibility index (Phi) is 6.39. The first kappa shape index (κ1) is 22.4. The van der Waals surface area contributed by atoms with Crippen molar-refractivity contribution in [1.82, 2.24) is 19.1 Å². The molecule has 12 heteroatoms. The van der Waals surface area contributed by atoms with E-state index in [4.69, 9.17) is 24.4 Å². The summed E-state index contributed by atoms with van der Waals surface area (Å²) in [6, 6.07) is 0.00697. The number of aromatic nitrogens is 4. The third kappa shape index (κ3) is 4.58. The number of carbonyl (C=O) groups is 3. The standard InChI is InChI=1S/C19H25N5O7/c1-9(2)23-8-22-18-14(17(23)20)21-7-24(18)19-16(30-12(5)27)15(29-11(4)26)13(31-19)6-28-10(3)25/h7-9,13,15-16,19-20H,6H2,1-5H3/t13-,15-,16-,19-/m1/s1. The normalized spacial score (nSPS) is 23.2. The SMILES string of the molecule is CC(=O)OC[C@H]1O[C@@H](n2cnc3c(=N)n(C(C)C)cnc32)[C@H](OC(C)=O)[C@@H]1OC(C)=O. The molecular formula is C19H25N5O7. The van der Waals surface area contributed by atoms with Crippen LogP contribution in [0, 0.1) is 5.41 Å². The molecule has 0 amide bonds. The van der Waals surface area contributed by atoms with Crippen molar-refractivity contribution in [3.63, 3.8) is 0 Å². The highest BCUT2D eigenvalue weighted by molar-refractivity contribution is 5.69. The van der Waals surface area contributed by atoms with E-state index in [1.807, 2.05) is 13.8 Å². The first-order chi connectivity index (χ1) is 14.6. The van der Waals surface area contributed by atoms with Gasteiger partial charge in [0.25, 0.3) is 0 Å². The molecule has 1 aliphatic rings. The van der Waals surface area contributed by atoms with Crippen LogP contribution >= 0.6 is 0 Å². The molecule has 3 rings (SSSR count). The predicted molar refractivity (Wildman–Crippen MR) is 103 cm³/mol. The molecule has 2 aromatic rings. The topological polar surface area (TPSA) is 148 Å². The molecule has 3 heterocycles. The summed E-state index contributed by atoms with van der Waals surface area (Å²) in [6.45, 7) is 7.30. The number of hydrogen-bond donors (Lipinski definition) is 1. The molecule has 4 atom stereocenters. The van der Waals surface area contributed by atoms with Crippen LogP contribution < -0.4 is 5.49 Å². The average Bonchev–Trinajstić information content (AvgIpc) is 3.22. The second-order valence-corrected chi connectivity index (χ2v) is 7.43. The van der Waals surface area contributed by atoms with Gasteiger partial charge in [-0.3, -0.25) is 24.4 Å². The van der Waals surface area contributed by atoms with Crippen molar-refractivity contribution in [1.29, 1.82) is 5.41 Å². The van der Waals surface area contributed by atoms with Crippen LogP contribution in [0.25, 0.3) is 11.2 Å². The lowest BCUT2D eigenvalue weighted by atomic mass is 10.1. The van der Waals surface area contributed by atoms with E-state index in [1.165, 1.54) is 38.0 Å². The molecule has 1 N–H and O–H groups in total. The summed E-state index contributed by atoms with van der Waals surface area (Å²) < 4.78 is 25.0. The smallest absolute Gasteiger partial charge is 0.303 e. The van der Waals surface area contributed by atoms with Crippen molar-refractivity contribution < 1.29 is 33.3 Å². The quantitative estimate of drug-likeness (QED) is 0.509. The Hall–Kier alpha value is -3.28. The van der Waals surface area contributed by atoms with Crippen LogP contribution in [-0.2, 0) is 33.3 Å². The highest BCUT2D eigenvalue weighted by atomic mass is 16.7. The third-order valence-electron chi connectivity index (χ3n) is 4.73. The number of imidazole rings is 1. The van der Waals surface area contributed by atoms with Gasteiger partial charge in [-0.05, 0) is 13.8 Å². The van der Waals surface area contributed by atoms with Gasteiger partial charge in [-0.15, -0.1) is 0 Å². The molecule has 0 unspecified atom stereocenters. The molecule has 1 aliphatic heterocycles. The van der Waals surface area contributed by atoms with Crippen LogP contribution in [0.15, 0.2) is 12.7 Å². The Morgan fingerprint density at radius 1 is 1.06 bits per heavy atom. The van der Waals surface area contributed by atoms with Crippen LogP contribution in [0.4, 0.5) is 0 Å². The summed E-state index contributed by atoms with van der Waals surface area (Å²) in [5.74, 6) is -1.76. The largest absolute Gasteiger partial charge is 0.463 e. The first-order valence-electron chi connectivity index (χ1n) is 9.71.